The second kappa shape index (κ2) is 3.98. The van der Waals surface area contributed by atoms with Gasteiger partial charge in [-0.1, -0.05) is 13.0 Å². The number of aromatic nitrogens is 2. The molecule has 0 saturated carbocycles. The second-order valence-corrected chi connectivity index (χ2v) is 4.27. The predicted molar refractivity (Wildman–Crippen MR) is 60.3 cm³/mol. The molecule has 0 spiro atoms. The molecule has 0 unspecified atom stereocenters. The van der Waals surface area contributed by atoms with Gasteiger partial charge in [-0.25, -0.2) is 0 Å². The van der Waals surface area contributed by atoms with Crippen molar-refractivity contribution in [2.75, 3.05) is 0 Å². The number of hydrogen-bond acceptors (Lipinski definition) is 3. The molecule has 0 aliphatic rings. The number of rotatable bonds is 3. The topological polar surface area (TPSA) is 34.9 Å². The van der Waals surface area contributed by atoms with E-state index in [9.17, 15) is 4.79 Å². The average molecular weight is 220 g/mol. The van der Waals surface area contributed by atoms with Gasteiger partial charge in [0.25, 0.3) is 0 Å². The van der Waals surface area contributed by atoms with Crippen LogP contribution in [0, 0.1) is 0 Å². The Hall–Kier alpha value is -1.42. The monoisotopic (exact) mass is 220 g/mol. The smallest absolute Gasteiger partial charge is 0.206 e. The van der Waals surface area contributed by atoms with E-state index in [1.165, 1.54) is 11.3 Å². The Morgan fingerprint density at radius 3 is 3.00 bits per heavy atom. The molecule has 0 aliphatic heterocycles. The highest BCUT2D eigenvalue weighted by Crippen LogP contribution is 2.17. The van der Waals surface area contributed by atoms with Crippen LogP contribution < -0.4 is 0 Å². The second-order valence-electron chi connectivity index (χ2n) is 3.32. The summed E-state index contributed by atoms with van der Waals surface area (Å²) in [5.74, 6) is 0.0787. The van der Waals surface area contributed by atoms with E-state index in [4.69, 9.17) is 0 Å². The molecule has 4 heteroatoms. The molecule has 0 radical (unpaired) electrons. The summed E-state index contributed by atoms with van der Waals surface area (Å²) < 4.78 is 1.69. The lowest BCUT2D eigenvalue weighted by Crippen LogP contribution is -2.00. The molecule has 0 amide bonds. The van der Waals surface area contributed by atoms with Crippen molar-refractivity contribution in [1.82, 2.24) is 9.78 Å². The van der Waals surface area contributed by atoms with Crippen LogP contribution >= 0.6 is 11.3 Å². The number of aryl methyl sites for hydroxylation is 2. The maximum absolute atomic E-state index is 12.1. The minimum atomic E-state index is 0.0787. The Morgan fingerprint density at radius 1 is 1.60 bits per heavy atom. The summed E-state index contributed by atoms with van der Waals surface area (Å²) in [7, 11) is 1.84. The van der Waals surface area contributed by atoms with Crippen LogP contribution in [0.2, 0.25) is 0 Å². The molecule has 3 nitrogen and oxygen atoms in total. The highest BCUT2D eigenvalue weighted by molar-refractivity contribution is 7.12. The van der Waals surface area contributed by atoms with Crippen LogP contribution in [0.4, 0.5) is 0 Å². The van der Waals surface area contributed by atoms with E-state index >= 15 is 0 Å². The molecule has 2 aromatic rings. The SMILES string of the molecule is CCc1nn(C)cc1C(=O)c1cccs1. The van der Waals surface area contributed by atoms with Crippen LogP contribution in [0.15, 0.2) is 23.7 Å². The summed E-state index contributed by atoms with van der Waals surface area (Å²) in [6, 6.07) is 3.74. The molecule has 0 saturated heterocycles. The average Bonchev–Trinajstić information content (AvgIpc) is 2.84. The Bertz CT molecular complexity index is 471. The van der Waals surface area contributed by atoms with E-state index in [2.05, 4.69) is 5.10 Å². The van der Waals surface area contributed by atoms with Gasteiger partial charge in [-0.05, 0) is 17.9 Å². The zero-order valence-corrected chi connectivity index (χ0v) is 9.54. The van der Waals surface area contributed by atoms with Crippen LogP contribution in [0.5, 0.6) is 0 Å². The van der Waals surface area contributed by atoms with Gasteiger partial charge in [0, 0.05) is 13.2 Å². The largest absolute Gasteiger partial charge is 0.288 e. The fourth-order valence-corrected chi connectivity index (χ4v) is 2.20. The lowest BCUT2D eigenvalue weighted by Gasteiger charge is -1.95. The predicted octanol–water partition coefficient (Wildman–Crippen LogP) is 2.28. The highest BCUT2D eigenvalue weighted by atomic mass is 32.1. The minimum absolute atomic E-state index is 0.0787. The molecule has 0 aliphatic carbocycles. The first kappa shape index (κ1) is 10.1. The van der Waals surface area contributed by atoms with Gasteiger partial charge < -0.3 is 0 Å². The third-order valence-corrected chi connectivity index (χ3v) is 3.10. The van der Waals surface area contributed by atoms with Crippen LogP contribution in [-0.4, -0.2) is 15.6 Å². The van der Waals surface area contributed by atoms with Gasteiger partial charge in [0.15, 0.2) is 0 Å². The summed E-state index contributed by atoms with van der Waals surface area (Å²) in [6.07, 6.45) is 2.58. The number of thiophene rings is 1. The van der Waals surface area contributed by atoms with Gasteiger partial charge in [-0.2, -0.15) is 5.10 Å². The van der Waals surface area contributed by atoms with E-state index in [0.29, 0.717) is 0 Å². The third kappa shape index (κ3) is 1.85. The fraction of sp³-hybridized carbons (Fsp3) is 0.273. The maximum Gasteiger partial charge on any atom is 0.206 e. The van der Waals surface area contributed by atoms with Gasteiger partial charge in [0.2, 0.25) is 5.78 Å². The van der Waals surface area contributed by atoms with Crippen molar-refractivity contribution in [3.05, 3.63) is 39.8 Å². The quantitative estimate of drug-likeness (QED) is 0.744. The molecule has 15 heavy (non-hydrogen) atoms. The van der Waals surface area contributed by atoms with Gasteiger partial charge in [-0.15, -0.1) is 11.3 Å². The summed E-state index contributed by atoms with van der Waals surface area (Å²) in [5, 5.41) is 6.17. The number of carbonyl (C=O) groups is 1. The molecule has 2 rings (SSSR count). The molecule has 0 bridgehead atoms. The van der Waals surface area contributed by atoms with Gasteiger partial charge in [0.05, 0.1) is 16.1 Å². The van der Waals surface area contributed by atoms with Crippen molar-refractivity contribution < 1.29 is 4.79 Å². The van der Waals surface area contributed by atoms with Gasteiger partial charge >= 0.3 is 0 Å². The first-order chi connectivity index (χ1) is 7.22. The Labute approximate surface area is 92.4 Å². The van der Waals surface area contributed by atoms with Crippen molar-refractivity contribution in [1.29, 1.82) is 0 Å². The molecule has 0 atom stereocenters. The molecular formula is C11H12N2OS. The van der Waals surface area contributed by atoms with Crippen molar-refractivity contribution >= 4 is 17.1 Å². The number of nitrogens with zero attached hydrogens (tertiary/aromatic N) is 2. The summed E-state index contributed by atoms with van der Waals surface area (Å²) in [5.41, 5.74) is 1.60. The Kier molecular flexibility index (Phi) is 2.68. The van der Waals surface area contributed by atoms with E-state index in [1.807, 2.05) is 31.5 Å². The lowest BCUT2D eigenvalue weighted by molar-refractivity contribution is 0.104. The van der Waals surface area contributed by atoms with E-state index < -0.39 is 0 Å². The van der Waals surface area contributed by atoms with Crippen LogP contribution in [-0.2, 0) is 13.5 Å². The first-order valence-corrected chi connectivity index (χ1v) is 5.71. The van der Waals surface area contributed by atoms with Crippen molar-refractivity contribution in [3.63, 3.8) is 0 Å². The van der Waals surface area contributed by atoms with E-state index in [1.54, 1.807) is 10.9 Å². The van der Waals surface area contributed by atoms with E-state index in [-0.39, 0.29) is 5.78 Å². The molecule has 2 heterocycles. The normalized spacial score (nSPS) is 10.5. The van der Waals surface area contributed by atoms with Gasteiger partial charge in [0.1, 0.15) is 0 Å². The molecule has 0 N–H and O–H groups in total. The van der Waals surface area contributed by atoms with Crippen molar-refractivity contribution in [2.45, 2.75) is 13.3 Å². The molecule has 78 valence electrons. The molecular weight excluding hydrogens is 208 g/mol. The van der Waals surface area contributed by atoms with Crippen molar-refractivity contribution in [3.8, 4) is 0 Å². The highest BCUT2D eigenvalue weighted by Gasteiger charge is 2.16. The summed E-state index contributed by atoms with van der Waals surface area (Å²) >= 11 is 1.47. The standard InChI is InChI=1S/C11H12N2OS/c1-3-9-8(7-13(2)12-9)11(14)10-5-4-6-15-10/h4-7H,3H2,1-2H3. The zero-order valence-electron chi connectivity index (χ0n) is 8.73. The fourth-order valence-electron chi connectivity index (χ4n) is 1.53. The van der Waals surface area contributed by atoms with E-state index in [0.717, 1.165) is 22.6 Å². The zero-order chi connectivity index (χ0) is 10.8. The van der Waals surface area contributed by atoms with Gasteiger partial charge in [-0.3, -0.25) is 9.48 Å². The van der Waals surface area contributed by atoms with Crippen LogP contribution in [0.25, 0.3) is 0 Å². The molecule has 0 fully saturated rings. The lowest BCUT2D eigenvalue weighted by atomic mass is 10.1. The summed E-state index contributed by atoms with van der Waals surface area (Å²) in [4.78, 5) is 12.8. The Morgan fingerprint density at radius 2 is 2.40 bits per heavy atom. The number of hydrogen-bond donors (Lipinski definition) is 0. The van der Waals surface area contributed by atoms with Crippen LogP contribution in [0.3, 0.4) is 0 Å². The maximum atomic E-state index is 12.1. The number of carbonyl (C=O) groups excluding carboxylic acids is 1. The minimum Gasteiger partial charge on any atom is -0.288 e. The van der Waals surface area contributed by atoms with Crippen molar-refractivity contribution in [2.24, 2.45) is 7.05 Å². The Balaban J connectivity index is 2.41. The first-order valence-electron chi connectivity index (χ1n) is 4.83. The molecule has 2 aromatic heterocycles. The third-order valence-electron chi connectivity index (χ3n) is 2.23. The summed E-state index contributed by atoms with van der Waals surface area (Å²) in [6.45, 7) is 2.01. The molecule has 0 aromatic carbocycles. The number of ketones is 1. The van der Waals surface area contributed by atoms with Crippen LogP contribution in [0.1, 0.15) is 27.9 Å².